The van der Waals surface area contributed by atoms with Crippen LogP contribution in [0.15, 0.2) is 0 Å². The second kappa shape index (κ2) is 5.12. The van der Waals surface area contributed by atoms with E-state index in [1.165, 1.54) is 0 Å². The van der Waals surface area contributed by atoms with Crippen LogP contribution in [0, 0.1) is 23.7 Å². The number of amides is 1. The molecule has 0 radical (unpaired) electrons. The van der Waals surface area contributed by atoms with Crippen molar-refractivity contribution < 1.29 is 19.4 Å². The largest absolute Gasteiger partial charge is 0.481 e. The summed E-state index contributed by atoms with van der Waals surface area (Å²) in [6.07, 6.45) is 5.04. The number of aliphatic carboxylic acids is 1. The van der Waals surface area contributed by atoms with Crippen LogP contribution in [-0.4, -0.2) is 36.2 Å². The van der Waals surface area contributed by atoms with Gasteiger partial charge in [-0.2, -0.15) is 0 Å². The first-order chi connectivity index (χ1) is 9.16. The molecule has 1 aliphatic heterocycles. The molecule has 1 saturated heterocycles. The molecule has 2 N–H and O–H groups in total. The summed E-state index contributed by atoms with van der Waals surface area (Å²) in [5, 5.41) is 12.2. The van der Waals surface area contributed by atoms with Crippen molar-refractivity contribution in [2.24, 2.45) is 23.7 Å². The van der Waals surface area contributed by atoms with Gasteiger partial charge >= 0.3 is 5.97 Å². The fourth-order valence-corrected chi connectivity index (χ4v) is 4.16. The van der Waals surface area contributed by atoms with Crippen LogP contribution < -0.4 is 5.32 Å². The zero-order chi connectivity index (χ0) is 13.4. The Morgan fingerprint density at radius 3 is 2.53 bits per heavy atom. The van der Waals surface area contributed by atoms with Gasteiger partial charge in [-0.3, -0.25) is 9.59 Å². The Kier molecular flexibility index (Phi) is 3.48. The molecule has 106 valence electrons. The van der Waals surface area contributed by atoms with Crippen LogP contribution in [0.1, 0.15) is 32.1 Å². The van der Waals surface area contributed by atoms with Crippen molar-refractivity contribution in [3.8, 4) is 0 Å². The smallest absolute Gasteiger partial charge is 0.307 e. The molecule has 5 nitrogen and oxygen atoms in total. The second-order valence-corrected chi connectivity index (χ2v) is 6.10. The van der Waals surface area contributed by atoms with Crippen molar-refractivity contribution in [3.05, 3.63) is 0 Å². The van der Waals surface area contributed by atoms with Gasteiger partial charge in [-0.05, 0) is 43.9 Å². The minimum Gasteiger partial charge on any atom is -0.481 e. The fourth-order valence-electron chi connectivity index (χ4n) is 4.16. The highest BCUT2D eigenvalue weighted by Gasteiger charge is 2.53. The third-order valence-corrected chi connectivity index (χ3v) is 5.03. The molecule has 0 unspecified atom stereocenters. The van der Waals surface area contributed by atoms with Crippen LogP contribution in [0.25, 0.3) is 0 Å². The maximum absolute atomic E-state index is 12.3. The topological polar surface area (TPSA) is 75.6 Å². The van der Waals surface area contributed by atoms with E-state index >= 15 is 0 Å². The first-order valence-electron chi connectivity index (χ1n) is 7.29. The lowest BCUT2D eigenvalue weighted by Gasteiger charge is -2.27. The summed E-state index contributed by atoms with van der Waals surface area (Å²) in [7, 11) is 0. The van der Waals surface area contributed by atoms with E-state index in [0.717, 1.165) is 38.7 Å². The molecule has 1 heterocycles. The van der Waals surface area contributed by atoms with E-state index in [1.54, 1.807) is 0 Å². The number of carboxylic acid groups (broad SMARTS) is 1. The molecule has 5 atom stereocenters. The maximum Gasteiger partial charge on any atom is 0.307 e. The number of carbonyl (C=O) groups excluding carboxylic acids is 1. The molecule has 2 aliphatic carbocycles. The Balaban J connectivity index is 1.60. The van der Waals surface area contributed by atoms with Gasteiger partial charge in [0, 0.05) is 13.2 Å². The molecule has 2 bridgehead atoms. The first-order valence-corrected chi connectivity index (χ1v) is 7.29. The minimum atomic E-state index is -0.801. The quantitative estimate of drug-likeness (QED) is 0.797. The molecular formula is C14H21NO4. The minimum absolute atomic E-state index is 0.0740. The summed E-state index contributed by atoms with van der Waals surface area (Å²) in [5.41, 5.74) is 0. The van der Waals surface area contributed by atoms with Gasteiger partial charge in [0.15, 0.2) is 0 Å². The zero-order valence-corrected chi connectivity index (χ0v) is 11.0. The number of hydrogen-bond donors (Lipinski definition) is 2. The normalized spacial score (nSPS) is 40.5. The number of carbonyl (C=O) groups is 2. The number of rotatable bonds is 4. The standard InChI is InChI=1S/C14H21NO4/c16-13(15-7-10-2-1-5-19-10)11-8-3-4-9(6-8)12(11)14(17)18/h8-12H,1-7H2,(H,15,16)(H,17,18)/t8-,9-,10-,11+,12-/m0/s1. The highest BCUT2D eigenvalue weighted by Crippen LogP contribution is 2.52. The van der Waals surface area contributed by atoms with Gasteiger partial charge in [0.25, 0.3) is 0 Å². The lowest BCUT2D eigenvalue weighted by atomic mass is 9.78. The molecule has 0 aromatic heterocycles. The number of fused-ring (bicyclic) bond motifs is 2. The van der Waals surface area contributed by atoms with Crippen LogP contribution in [0.5, 0.6) is 0 Å². The van der Waals surface area contributed by atoms with Gasteiger partial charge in [0.2, 0.25) is 5.91 Å². The van der Waals surface area contributed by atoms with Crippen molar-refractivity contribution in [2.75, 3.05) is 13.2 Å². The lowest BCUT2D eigenvalue weighted by molar-refractivity contribution is -0.149. The molecule has 0 spiro atoms. The Labute approximate surface area is 112 Å². The van der Waals surface area contributed by atoms with Crippen molar-refractivity contribution in [3.63, 3.8) is 0 Å². The predicted octanol–water partition coefficient (Wildman–Crippen LogP) is 1.03. The highest BCUT2D eigenvalue weighted by molar-refractivity contribution is 5.86. The van der Waals surface area contributed by atoms with E-state index in [0.29, 0.717) is 6.54 Å². The number of carboxylic acids is 1. The Hall–Kier alpha value is -1.10. The zero-order valence-electron chi connectivity index (χ0n) is 11.0. The monoisotopic (exact) mass is 267 g/mol. The summed E-state index contributed by atoms with van der Waals surface area (Å²) in [6.45, 7) is 1.30. The van der Waals surface area contributed by atoms with Crippen LogP contribution in [0.3, 0.4) is 0 Å². The molecule has 3 rings (SSSR count). The Bertz CT molecular complexity index is 378. The molecule has 5 heteroatoms. The lowest BCUT2D eigenvalue weighted by Crippen LogP contribution is -2.43. The Morgan fingerprint density at radius 1 is 1.16 bits per heavy atom. The second-order valence-electron chi connectivity index (χ2n) is 6.10. The SMILES string of the molecule is O=C(NC[C@@H]1CCCO1)[C@@H]1[C@H]2CC[C@@H](C2)[C@@H]1C(=O)O. The van der Waals surface area contributed by atoms with Gasteiger partial charge < -0.3 is 15.2 Å². The third kappa shape index (κ3) is 2.36. The number of nitrogens with one attached hydrogen (secondary N) is 1. The van der Waals surface area contributed by atoms with E-state index in [2.05, 4.69) is 5.32 Å². The van der Waals surface area contributed by atoms with Gasteiger partial charge in [0.05, 0.1) is 17.9 Å². The van der Waals surface area contributed by atoms with E-state index in [-0.39, 0.29) is 29.8 Å². The highest BCUT2D eigenvalue weighted by atomic mass is 16.5. The van der Waals surface area contributed by atoms with Crippen molar-refractivity contribution >= 4 is 11.9 Å². The third-order valence-electron chi connectivity index (χ3n) is 5.03. The van der Waals surface area contributed by atoms with Crippen LogP contribution in [0.4, 0.5) is 0 Å². The predicted molar refractivity (Wildman–Crippen MR) is 67.4 cm³/mol. The molecule has 2 saturated carbocycles. The average molecular weight is 267 g/mol. The van der Waals surface area contributed by atoms with Crippen molar-refractivity contribution in [2.45, 2.75) is 38.2 Å². The average Bonchev–Trinajstić information content (AvgIpc) is 3.10. The van der Waals surface area contributed by atoms with Gasteiger partial charge in [-0.15, -0.1) is 0 Å². The van der Waals surface area contributed by atoms with E-state index in [9.17, 15) is 14.7 Å². The van der Waals surface area contributed by atoms with E-state index in [1.807, 2.05) is 0 Å². The molecule has 3 fully saturated rings. The van der Waals surface area contributed by atoms with E-state index in [4.69, 9.17) is 4.74 Å². The van der Waals surface area contributed by atoms with Crippen LogP contribution >= 0.6 is 0 Å². The molecule has 19 heavy (non-hydrogen) atoms. The summed E-state index contributed by atoms with van der Waals surface area (Å²) < 4.78 is 5.47. The molecule has 0 aromatic rings. The van der Waals surface area contributed by atoms with Crippen molar-refractivity contribution in [1.82, 2.24) is 5.32 Å². The van der Waals surface area contributed by atoms with Gasteiger partial charge in [-0.25, -0.2) is 0 Å². The summed E-state index contributed by atoms with van der Waals surface area (Å²) in [4.78, 5) is 23.6. The summed E-state index contributed by atoms with van der Waals surface area (Å²) in [5.74, 6) is -1.18. The fraction of sp³-hybridized carbons (Fsp3) is 0.857. The van der Waals surface area contributed by atoms with Crippen LogP contribution in [0.2, 0.25) is 0 Å². The summed E-state index contributed by atoms with van der Waals surface area (Å²) in [6, 6.07) is 0. The number of hydrogen-bond acceptors (Lipinski definition) is 3. The first kappa shape index (κ1) is 12.9. The van der Waals surface area contributed by atoms with Gasteiger partial charge in [-0.1, -0.05) is 0 Å². The van der Waals surface area contributed by atoms with E-state index < -0.39 is 11.9 Å². The molecule has 1 amide bonds. The van der Waals surface area contributed by atoms with Crippen molar-refractivity contribution in [1.29, 1.82) is 0 Å². The molecular weight excluding hydrogens is 246 g/mol. The maximum atomic E-state index is 12.3. The van der Waals surface area contributed by atoms with Crippen LogP contribution in [-0.2, 0) is 14.3 Å². The Morgan fingerprint density at radius 2 is 1.89 bits per heavy atom. The number of ether oxygens (including phenoxy) is 1. The molecule has 3 aliphatic rings. The molecule has 0 aromatic carbocycles. The summed E-state index contributed by atoms with van der Waals surface area (Å²) >= 11 is 0. The van der Waals surface area contributed by atoms with Gasteiger partial charge in [0.1, 0.15) is 0 Å².